The fourth-order valence-electron chi connectivity index (χ4n) is 0.847. The van der Waals surface area contributed by atoms with Gasteiger partial charge < -0.3 is 10.6 Å². The summed E-state index contributed by atoms with van der Waals surface area (Å²) in [6, 6.07) is 0.147. The first-order valence-corrected chi connectivity index (χ1v) is 4.41. The van der Waals surface area contributed by atoms with Gasteiger partial charge in [0.15, 0.2) is 0 Å². The number of rotatable bonds is 4. The molecule has 0 heterocycles. The zero-order chi connectivity index (χ0) is 9.72. The molecule has 0 saturated carbocycles. The number of hydrogen-bond acceptors (Lipinski definition) is 2. The van der Waals surface area contributed by atoms with Crippen molar-refractivity contribution in [2.24, 2.45) is 11.7 Å². The van der Waals surface area contributed by atoms with E-state index in [1.54, 1.807) is 19.0 Å². The lowest BCUT2D eigenvalue weighted by Crippen LogP contribution is -2.29. The average molecular weight is 172 g/mol. The van der Waals surface area contributed by atoms with Crippen molar-refractivity contribution in [2.45, 2.75) is 32.7 Å². The summed E-state index contributed by atoms with van der Waals surface area (Å²) < 4.78 is 0. The molecule has 0 rings (SSSR count). The van der Waals surface area contributed by atoms with Gasteiger partial charge in [-0.15, -0.1) is 0 Å². The van der Waals surface area contributed by atoms with Crippen molar-refractivity contribution in [2.75, 3.05) is 14.1 Å². The number of carbonyl (C=O) groups is 1. The Bertz CT molecular complexity index is 143. The fourth-order valence-corrected chi connectivity index (χ4v) is 0.847. The van der Waals surface area contributed by atoms with Crippen LogP contribution in [0.15, 0.2) is 0 Å². The quantitative estimate of drug-likeness (QED) is 0.683. The van der Waals surface area contributed by atoms with Crippen LogP contribution < -0.4 is 5.73 Å². The van der Waals surface area contributed by atoms with Crippen LogP contribution >= 0.6 is 0 Å². The van der Waals surface area contributed by atoms with Crippen LogP contribution in [0.5, 0.6) is 0 Å². The third-order valence-corrected chi connectivity index (χ3v) is 2.05. The number of carbonyl (C=O) groups excluding carboxylic acids is 1. The first-order chi connectivity index (χ1) is 5.45. The summed E-state index contributed by atoms with van der Waals surface area (Å²) >= 11 is 0. The van der Waals surface area contributed by atoms with Crippen LogP contribution in [0.4, 0.5) is 0 Å². The highest BCUT2D eigenvalue weighted by Crippen LogP contribution is 2.06. The molecule has 0 unspecified atom stereocenters. The van der Waals surface area contributed by atoms with E-state index in [9.17, 15) is 4.79 Å². The van der Waals surface area contributed by atoms with Crippen LogP contribution in [0.2, 0.25) is 0 Å². The summed E-state index contributed by atoms with van der Waals surface area (Å²) in [4.78, 5) is 12.7. The molecule has 3 nitrogen and oxygen atoms in total. The maximum absolute atomic E-state index is 11.1. The molecule has 1 atom stereocenters. The molecule has 1 amide bonds. The summed E-state index contributed by atoms with van der Waals surface area (Å²) in [5.41, 5.74) is 5.79. The summed E-state index contributed by atoms with van der Waals surface area (Å²) in [5, 5.41) is 0. The molecular weight excluding hydrogens is 152 g/mol. The minimum absolute atomic E-state index is 0.147. The van der Waals surface area contributed by atoms with E-state index in [4.69, 9.17) is 5.73 Å². The van der Waals surface area contributed by atoms with Crippen LogP contribution in [0.1, 0.15) is 26.7 Å². The lowest BCUT2D eigenvalue weighted by Gasteiger charge is -2.16. The van der Waals surface area contributed by atoms with Crippen LogP contribution in [-0.4, -0.2) is 30.9 Å². The van der Waals surface area contributed by atoms with E-state index in [0.29, 0.717) is 12.3 Å². The molecule has 12 heavy (non-hydrogen) atoms. The van der Waals surface area contributed by atoms with Crippen molar-refractivity contribution < 1.29 is 4.79 Å². The molecule has 0 fully saturated rings. The third-order valence-electron chi connectivity index (χ3n) is 2.05. The molecule has 0 radical (unpaired) electrons. The molecule has 0 saturated heterocycles. The highest BCUT2D eigenvalue weighted by Gasteiger charge is 2.10. The number of nitrogens with zero attached hydrogens (tertiary/aromatic N) is 1. The average Bonchev–Trinajstić information content (AvgIpc) is 1.98. The Labute approximate surface area is 74.9 Å². The van der Waals surface area contributed by atoms with Gasteiger partial charge >= 0.3 is 0 Å². The Balaban J connectivity index is 3.61. The van der Waals surface area contributed by atoms with Crippen LogP contribution in [0.3, 0.4) is 0 Å². The van der Waals surface area contributed by atoms with Crippen LogP contribution in [0.25, 0.3) is 0 Å². The first kappa shape index (κ1) is 11.4. The van der Waals surface area contributed by atoms with E-state index in [0.717, 1.165) is 6.42 Å². The number of amides is 1. The van der Waals surface area contributed by atoms with Crippen molar-refractivity contribution >= 4 is 5.91 Å². The third kappa shape index (κ3) is 4.34. The summed E-state index contributed by atoms with van der Waals surface area (Å²) in [6.45, 7) is 4.15. The maximum Gasteiger partial charge on any atom is 0.222 e. The topological polar surface area (TPSA) is 46.3 Å². The Kier molecular flexibility index (Phi) is 4.90. The van der Waals surface area contributed by atoms with Gasteiger partial charge in [-0.1, -0.05) is 13.8 Å². The van der Waals surface area contributed by atoms with Gasteiger partial charge in [0.25, 0.3) is 0 Å². The summed E-state index contributed by atoms with van der Waals surface area (Å²) in [7, 11) is 3.53. The van der Waals surface area contributed by atoms with E-state index < -0.39 is 0 Å². The molecule has 2 N–H and O–H groups in total. The van der Waals surface area contributed by atoms with Crippen LogP contribution in [-0.2, 0) is 4.79 Å². The second kappa shape index (κ2) is 5.14. The minimum atomic E-state index is 0.147. The molecular formula is C9H20N2O. The van der Waals surface area contributed by atoms with E-state index in [-0.39, 0.29) is 11.9 Å². The van der Waals surface area contributed by atoms with Crippen molar-refractivity contribution in [3.63, 3.8) is 0 Å². The molecule has 0 spiro atoms. The van der Waals surface area contributed by atoms with Crippen molar-refractivity contribution in [1.82, 2.24) is 4.90 Å². The SMILES string of the molecule is CC(C)[C@H](N)CCC(=O)N(C)C. The van der Waals surface area contributed by atoms with Gasteiger partial charge in [-0.25, -0.2) is 0 Å². The fraction of sp³-hybridized carbons (Fsp3) is 0.889. The molecule has 0 aromatic carbocycles. The number of hydrogen-bond donors (Lipinski definition) is 1. The highest BCUT2D eigenvalue weighted by atomic mass is 16.2. The lowest BCUT2D eigenvalue weighted by molar-refractivity contribution is -0.128. The van der Waals surface area contributed by atoms with Gasteiger partial charge in [-0.3, -0.25) is 4.79 Å². The van der Waals surface area contributed by atoms with E-state index in [2.05, 4.69) is 13.8 Å². The zero-order valence-electron chi connectivity index (χ0n) is 8.50. The lowest BCUT2D eigenvalue weighted by atomic mass is 10.0. The molecule has 72 valence electrons. The predicted octanol–water partition coefficient (Wildman–Crippen LogP) is 0.838. The van der Waals surface area contributed by atoms with Gasteiger partial charge in [0.1, 0.15) is 0 Å². The van der Waals surface area contributed by atoms with Gasteiger partial charge in [0.2, 0.25) is 5.91 Å². The Morgan fingerprint density at radius 2 is 1.92 bits per heavy atom. The zero-order valence-corrected chi connectivity index (χ0v) is 8.50. The first-order valence-electron chi connectivity index (χ1n) is 4.41. The van der Waals surface area contributed by atoms with Crippen molar-refractivity contribution in [3.8, 4) is 0 Å². The molecule has 0 aliphatic carbocycles. The molecule has 0 bridgehead atoms. The number of nitrogens with two attached hydrogens (primary N) is 1. The van der Waals surface area contributed by atoms with Crippen molar-refractivity contribution in [3.05, 3.63) is 0 Å². The van der Waals surface area contributed by atoms with Gasteiger partial charge in [0.05, 0.1) is 0 Å². The second-order valence-electron chi connectivity index (χ2n) is 3.73. The van der Waals surface area contributed by atoms with Gasteiger partial charge in [-0.2, -0.15) is 0 Å². The minimum Gasteiger partial charge on any atom is -0.349 e. The Morgan fingerprint density at radius 3 is 2.25 bits per heavy atom. The molecule has 0 aliphatic rings. The Hall–Kier alpha value is -0.570. The standard InChI is InChI=1S/C9H20N2O/c1-7(2)8(10)5-6-9(12)11(3)4/h7-8H,5-6,10H2,1-4H3/t8-/m1/s1. The molecule has 0 aromatic rings. The van der Waals surface area contributed by atoms with E-state index in [1.165, 1.54) is 0 Å². The van der Waals surface area contributed by atoms with Crippen molar-refractivity contribution in [1.29, 1.82) is 0 Å². The molecule has 3 heteroatoms. The highest BCUT2D eigenvalue weighted by molar-refractivity contribution is 5.75. The smallest absolute Gasteiger partial charge is 0.222 e. The second-order valence-corrected chi connectivity index (χ2v) is 3.73. The summed E-state index contributed by atoms with van der Waals surface area (Å²) in [5.74, 6) is 0.617. The predicted molar refractivity (Wildman–Crippen MR) is 50.7 cm³/mol. The van der Waals surface area contributed by atoms with Gasteiger partial charge in [0, 0.05) is 26.6 Å². The van der Waals surface area contributed by atoms with Crippen LogP contribution in [0, 0.1) is 5.92 Å². The normalized spacial score (nSPS) is 13.2. The summed E-state index contributed by atoms with van der Waals surface area (Å²) in [6.07, 6.45) is 1.35. The molecule has 0 aliphatic heterocycles. The van der Waals surface area contributed by atoms with Gasteiger partial charge in [-0.05, 0) is 12.3 Å². The maximum atomic E-state index is 11.1. The molecule has 0 aromatic heterocycles. The Morgan fingerprint density at radius 1 is 1.42 bits per heavy atom. The van der Waals surface area contributed by atoms with E-state index >= 15 is 0 Å². The monoisotopic (exact) mass is 172 g/mol. The van der Waals surface area contributed by atoms with E-state index in [1.807, 2.05) is 0 Å². The largest absolute Gasteiger partial charge is 0.349 e.